The monoisotopic (exact) mass is 331 g/mol. The first-order valence-electron chi connectivity index (χ1n) is 8.05. The highest BCUT2D eigenvalue weighted by atomic mass is 16.5. The molecule has 0 spiro atoms. The molecule has 25 heavy (non-hydrogen) atoms. The SMILES string of the molecule is COc1ccccc1CCc1ccc(-c2cncnc2)c2nncn12. The summed E-state index contributed by atoms with van der Waals surface area (Å²) in [5.74, 6) is 0.917. The number of pyridine rings is 1. The van der Waals surface area contributed by atoms with Gasteiger partial charge in [0.05, 0.1) is 7.11 Å². The van der Waals surface area contributed by atoms with E-state index in [1.807, 2.05) is 22.6 Å². The van der Waals surface area contributed by atoms with Crippen molar-refractivity contribution in [2.24, 2.45) is 0 Å². The lowest BCUT2D eigenvalue weighted by Crippen LogP contribution is -2.01. The quantitative estimate of drug-likeness (QED) is 0.562. The average molecular weight is 331 g/mol. The van der Waals surface area contributed by atoms with E-state index < -0.39 is 0 Å². The minimum absolute atomic E-state index is 0.812. The van der Waals surface area contributed by atoms with E-state index in [1.165, 1.54) is 11.9 Å². The van der Waals surface area contributed by atoms with Crippen molar-refractivity contribution in [2.75, 3.05) is 7.11 Å². The molecule has 4 aromatic rings. The van der Waals surface area contributed by atoms with Gasteiger partial charge in [-0.1, -0.05) is 18.2 Å². The first-order chi connectivity index (χ1) is 12.4. The molecule has 1 aromatic carbocycles. The molecular weight excluding hydrogens is 314 g/mol. The molecule has 0 unspecified atom stereocenters. The van der Waals surface area contributed by atoms with Crippen molar-refractivity contribution >= 4 is 5.65 Å². The third-order valence-corrected chi connectivity index (χ3v) is 4.26. The van der Waals surface area contributed by atoms with Crippen LogP contribution in [0.15, 0.2) is 61.4 Å². The van der Waals surface area contributed by atoms with Gasteiger partial charge >= 0.3 is 0 Å². The van der Waals surface area contributed by atoms with E-state index in [0.717, 1.165) is 41.1 Å². The molecule has 0 aliphatic heterocycles. The number of fused-ring (bicyclic) bond motifs is 1. The van der Waals surface area contributed by atoms with Crippen LogP contribution in [0.2, 0.25) is 0 Å². The van der Waals surface area contributed by atoms with Gasteiger partial charge in [0.1, 0.15) is 18.4 Å². The highest BCUT2D eigenvalue weighted by Gasteiger charge is 2.11. The minimum Gasteiger partial charge on any atom is -0.496 e. The van der Waals surface area contributed by atoms with Crippen LogP contribution in [-0.4, -0.2) is 31.7 Å². The molecule has 3 aromatic heterocycles. The number of aryl methyl sites for hydroxylation is 2. The molecule has 6 nitrogen and oxygen atoms in total. The van der Waals surface area contributed by atoms with E-state index in [-0.39, 0.29) is 0 Å². The van der Waals surface area contributed by atoms with Gasteiger partial charge in [0.2, 0.25) is 0 Å². The van der Waals surface area contributed by atoms with Crippen LogP contribution in [0.3, 0.4) is 0 Å². The van der Waals surface area contributed by atoms with Gasteiger partial charge in [0.25, 0.3) is 0 Å². The van der Waals surface area contributed by atoms with E-state index in [4.69, 9.17) is 4.74 Å². The molecule has 0 saturated carbocycles. The van der Waals surface area contributed by atoms with Gasteiger partial charge in [-0.25, -0.2) is 9.97 Å². The summed E-state index contributed by atoms with van der Waals surface area (Å²) in [4.78, 5) is 8.17. The molecule has 0 bridgehead atoms. The smallest absolute Gasteiger partial charge is 0.168 e. The zero-order chi connectivity index (χ0) is 17.1. The Labute approximate surface area is 145 Å². The predicted molar refractivity (Wildman–Crippen MR) is 94.4 cm³/mol. The van der Waals surface area contributed by atoms with Crippen molar-refractivity contribution in [2.45, 2.75) is 12.8 Å². The number of nitrogens with zero attached hydrogens (tertiary/aromatic N) is 5. The van der Waals surface area contributed by atoms with Crippen LogP contribution >= 0.6 is 0 Å². The lowest BCUT2D eigenvalue weighted by atomic mass is 10.0. The summed E-state index contributed by atoms with van der Waals surface area (Å²) in [5, 5.41) is 8.36. The van der Waals surface area contributed by atoms with Crippen molar-refractivity contribution in [3.63, 3.8) is 0 Å². The number of hydrogen-bond acceptors (Lipinski definition) is 5. The molecule has 0 aliphatic carbocycles. The second-order valence-electron chi connectivity index (χ2n) is 5.70. The lowest BCUT2D eigenvalue weighted by Gasteiger charge is -2.10. The van der Waals surface area contributed by atoms with E-state index in [0.29, 0.717) is 0 Å². The van der Waals surface area contributed by atoms with Gasteiger partial charge in [-0.3, -0.25) is 4.40 Å². The zero-order valence-corrected chi connectivity index (χ0v) is 13.8. The van der Waals surface area contributed by atoms with Gasteiger partial charge in [-0.05, 0) is 36.6 Å². The Morgan fingerprint density at radius 1 is 1.00 bits per heavy atom. The number of para-hydroxylation sites is 1. The van der Waals surface area contributed by atoms with Gasteiger partial charge in [-0.2, -0.15) is 0 Å². The highest BCUT2D eigenvalue weighted by Crippen LogP contribution is 2.24. The maximum atomic E-state index is 5.44. The summed E-state index contributed by atoms with van der Waals surface area (Å²) < 4.78 is 7.46. The van der Waals surface area contributed by atoms with Crippen molar-refractivity contribution in [1.82, 2.24) is 24.6 Å². The molecule has 0 amide bonds. The van der Waals surface area contributed by atoms with Crippen LogP contribution in [-0.2, 0) is 12.8 Å². The van der Waals surface area contributed by atoms with Crippen LogP contribution in [0, 0.1) is 0 Å². The first-order valence-corrected chi connectivity index (χ1v) is 8.05. The summed E-state index contributed by atoms with van der Waals surface area (Å²) >= 11 is 0. The number of methoxy groups -OCH3 is 1. The standard InChI is InChI=1S/C19H17N5O/c1-25-18-5-3-2-4-14(18)6-7-16-8-9-17(15-10-20-12-21-11-15)19-23-22-13-24(16)19/h2-5,8-13H,6-7H2,1H3. The van der Waals surface area contributed by atoms with Crippen LogP contribution in [0.5, 0.6) is 5.75 Å². The van der Waals surface area contributed by atoms with Crippen LogP contribution in [0.1, 0.15) is 11.3 Å². The fourth-order valence-corrected chi connectivity index (χ4v) is 3.00. The fourth-order valence-electron chi connectivity index (χ4n) is 3.00. The molecular formula is C19H17N5O. The Morgan fingerprint density at radius 3 is 2.68 bits per heavy atom. The number of rotatable bonds is 5. The van der Waals surface area contributed by atoms with Crippen molar-refractivity contribution in [3.05, 3.63) is 72.7 Å². The molecule has 0 aliphatic rings. The largest absolute Gasteiger partial charge is 0.496 e. The van der Waals surface area contributed by atoms with Crippen LogP contribution in [0.25, 0.3) is 16.8 Å². The van der Waals surface area contributed by atoms with Crippen LogP contribution in [0.4, 0.5) is 0 Å². The first kappa shape index (κ1) is 15.3. The Hall–Kier alpha value is -3.28. The predicted octanol–water partition coefficient (Wildman–Crippen LogP) is 2.98. The Kier molecular flexibility index (Phi) is 4.08. The molecule has 4 rings (SSSR count). The van der Waals surface area contributed by atoms with E-state index >= 15 is 0 Å². The third kappa shape index (κ3) is 2.94. The Bertz CT molecular complexity index is 997. The van der Waals surface area contributed by atoms with E-state index in [9.17, 15) is 0 Å². The van der Waals surface area contributed by atoms with Gasteiger partial charge < -0.3 is 4.74 Å². The Balaban J connectivity index is 1.67. The molecule has 0 saturated heterocycles. The molecule has 0 atom stereocenters. The van der Waals surface area contributed by atoms with E-state index in [1.54, 1.807) is 25.8 Å². The number of benzene rings is 1. The lowest BCUT2D eigenvalue weighted by molar-refractivity contribution is 0.409. The van der Waals surface area contributed by atoms with Crippen molar-refractivity contribution in [1.29, 1.82) is 0 Å². The van der Waals surface area contributed by atoms with Crippen molar-refractivity contribution < 1.29 is 4.74 Å². The van der Waals surface area contributed by atoms with Crippen molar-refractivity contribution in [3.8, 4) is 16.9 Å². The van der Waals surface area contributed by atoms with Crippen LogP contribution < -0.4 is 4.74 Å². The van der Waals surface area contributed by atoms with Gasteiger partial charge in [-0.15, -0.1) is 10.2 Å². The minimum atomic E-state index is 0.812. The molecule has 124 valence electrons. The second-order valence-corrected chi connectivity index (χ2v) is 5.70. The highest BCUT2D eigenvalue weighted by molar-refractivity contribution is 5.76. The second kappa shape index (κ2) is 6.68. The van der Waals surface area contributed by atoms with E-state index in [2.05, 4.69) is 38.4 Å². The third-order valence-electron chi connectivity index (χ3n) is 4.26. The topological polar surface area (TPSA) is 65.2 Å². The van der Waals surface area contributed by atoms with Gasteiger partial charge in [0.15, 0.2) is 5.65 Å². The maximum Gasteiger partial charge on any atom is 0.168 e. The normalized spacial score (nSPS) is 10.9. The average Bonchev–Trinajstić information content (AvgIpc) is 3.17. The zero-order valence-electron chi connectivity index (χ0n) is 13.8. The molecule has 0 N–H and O–H groups in total. The molecule has 3 heterocycles. The molecule has 0 radical (unpaired) electrons. The Morgan fingerprint density at radius 2 is 1.84 bits per heavy atom. The fraction of sp³-hybridized carbons (Fsp3) is 0.158. The summed E-state index contributed by atoms with van der Waals surface area (Å²) in [6.07, 6.45) is 8.58. The number of hydrogen-bond donors (Lipinski definition) is 0. The molecule has 6 heteroatoms. The molecule has 0 fully saturated rings. The summed E-state index contributed by atoms with van der Waals surface area (Å²) in [6.45, 7) is 0. The summed E-state index contributed by atoms with van der Waals surface area (Å²) in [5.41, 5.74) is 5.04. The summed E-state index contributed by atoms with van der Waals surface area (Å²) in [7, 11) is 1.70. The maximum absolute atomic E-state index is 5.44. The number of aromatic nitrogens is 5. The number of ether oxygens (including phenoxy) is 1. The van der Waals surface area contributed by atoms with Gasteiger partial charge in [0, 0.05) is 29.2 Å². The summed E-state index contributed by atoms with van der Waals surface area (Å²) in [6, 6.07) is 12.3.